The van der Waals surface area contributed by atoms with Crippen LogP contribution < -0.4 is 5.32 Å². The smallest absolute Gasteiger partial charge is 0.241 e. The zero-order valence-electron chi connectivity index (χ0n) is 13.7. The molecule has 0 aliphatic carbocycles. The fourth-order valence-electron chi connectivity index (χ4n) is 3.47. The third-order valence-electron chi connectivity index (χ3n) is 5.10. The van der Waals surface area contributed by atoms with E-state index in [1.807, 2.05) is 0 Å². The highest BCUT2D eigenvalue weighted by atomic mass is 16.2. The molecule has 4 nitrogen and oxygen atoms in total. The van der Waals surface area contributed by atoms with Gasteiger partial charge in [0.2, 0.25) is 5.91 Å². The van der Waals surface area contributed by atoms with Gasteiger partial charge in [-0.05, 0) is 44.8 Å². The van der Waals surface area contributed by atoms with Gasteiger partial charge in [0.05, 0.1) is 12.2 Å². The van der Waals surface area contributed by atoms with Crippen molar-refractivity contribution in [3.8, 4) is 0 Å². The molecule has 2 fully saturated rings. The van der Waals surface area contributed by atoms with Crippen molar-refractivity contribution in [1.29, 1.82) is 0 Å². The molecule has 2 rings (SSSR count). The largest absolute Gasteiger partial charge is 0.322 e. The van der Waals surface area contributed by atoms with Gasteiger partial charge >= 0.3 is 0 Å². The number of hydrogen-bond acceptors (Lipinski definition) is 3. The molecule has 0 aromatic heterocycles. The molecule has 0 saturated carbocycles. The molecule has 2 aliphatic heterocycles. The molecule has 2 aliphatic rings. The van der Waals surface area contributed by atoms with Crippen molar-refractivity contribution >= 4 is 5.91 Å². The van der Waals surface area contributed by atoms with E-state index in [0.29, 0.717) is 23.8 Å². The molecule has 1 amide bonds. The van der Waals surface area contributed by atoms with Crippen LogP contribution in [0, 0.1) is 11.8 Å². The topological polar surface area (TPSA) is 35.6 Å². The summed E-state index contributed by atoms with van der Waals surface area (Å²) in [5, 5.41) is 3.61. The number of carbonyl (C=O) groups excluding carboxylic acids is 1. The Labute approximate surface area is 123 Å². The first-order chi connectivity index (χ1) is 9.45. The monoisotopic (exact) mass is 281 g/mol. The molecule has 3 unspecified atom stereocenters. The molecule has 4 heteroatoms. The molecule has 2 saturated heterocycles. The Morgan fingerprint density at radius 1 is 1.25 bits per heavy atom. The van der Waals surface area contributed by atoms with E-state index in [1.165, 1.54) is 0 Å². The minimum absolute atomic E-state index is 0.0204. The first-order valence-electron chi connectivity index (χ1n) is 8.22. The van der Waals surface area contributed by atoms with E-state index in [1.54, 1.807) is 0 Å². The molecule has 0 radical (unpaired) electrons. The zero-order chi connectivity index (χ0) is 14.9. The van der Waals surface area contributed by atoms with Gasteiger partial charge in [-0.1, -0.05) is 34.1 Å². The number of carbonyl (C=O) groups is 1. The Bertz CT molecular complexity index is 337. The van der Waals surface area contributed by atoms with Crippen molar-refractivity contribution in [1.82, 2.24) is 15.1 Å². The SMILES string of the molecule is CCC(C)C1NC(C(C)C)N(C2CCN(C)CC2)C1=O. The molecular weight excluding hydrogens is 250 g/mol. The average molecular weight is 281 g/mol. The Balaban J connectivity index is 2.13. The predicted molar refractivity (Wildman–Crippen MR) is 82.4 cm³/mol. The van der Waals surface area contributed by atoms with Gasteiger partial charge in [0.15, 0.2) is 0 Å². The lowest BCUT2D eigenvalue weighted by atomic mass is 9.98. The second-order valence-electron chi connectivity index (χ2n) is 7.00. The van der Waals surface area contributed by atoms with E-state index in [9.17, 15) is 4.79 Å². The molecule has 1 N–H and O–H groups in total. The molecule has 0 aromatic rings. The van der Waals surface area contributed by atoms with Crippen molar-refractivity contribution in [2.75, 3.05) is 20.1 Å². The lowest BCUT2D eigenvalue weighted by molar-refractivity contribution is -0.134. The fraction of sp³-hybridized carbons (Fsp3) is 0.938. The molecular formula is C16H31N3O. The molecule has 0 bridgehead atoms. The van der Waals surface area contributed by atoms with Crippen molar-refractivity contribution in [3.63, 3.8) is 0 Å². The number of nitrogens with zero attached hydrogens (tertiary/aromatic N) is 2. The molecule has 20 heavy (non-hydrogen) atoms. The van der Waals surface area contributed by atoms with Crippen LogP contribution in [-0.4, -0.2) is 54.1 Å². The maximum absolute atomic E-state index is 12.9. The van der Waals surface area contributed by atoms with Crippen LogP contribution >= 0.6 is 0 Å². The van der Waals surface area contributed by atoms with E-state index in [4.69, 9.17) is 0 Å². The van der Waals surface area contributed by atoms with Crippen molar-refractivity contribution in [2.45, 2.75) is 65.2 Å². The Kier molecular flexibility index (Phi) is 5.08. The lowest BCUT2D eigenvalue weighted by Crippen LogP contribution is -2.51. The minimum atomic E-state index is 0.0204. The third kappa shape index (κ3) is 3.01. The number of hydrogen-bond donors (Lipinski definition) is 1. The summed E-state index contributed by atoms with van der Waals surface area (Å²) in [6.45, 7) is 11.0. The van der Waals surface area contributed by atoms with Crippen LogP contribution in [0.25, 0.3) is 0 Å². The highest BCUT2D eigenvalue weighted by molar-refractivity contribution is 5.85. The second-order valence-corrected chi connectivity index (χ2v) is 7.00. The highest BCUT2D eigenvalue weighted by Crippen LogP contribution is 2.28. The second kappa shape index (κ2) is 6.44. The van der Waals surface area contributed by atoms with E-state index >= 15 is 0 Å². The summed E-state index contributed by atoms with van der Waals surface area (Å²) in [4.78, 5) is 17.4. The van der Waals surface area contributed by atoms with Crippen LogP contribution in [-0.2, 0) is 4.79 Å². The van der Waals surface area contributed by atoms with Crippen molar-refractivity contribution in [3.05, 3.63) is 0 Å². The summed E-state index contributed by atoms with van der Waals surface area (Å²) in [7, 11) is 2.17. The zero-order valence-corrected chi connectivity index (χ0v) is 13.7. The van der Waals surface area contributed by atoms with Crippen LogP contribution in [0.1, 0.15) is 47.0 Å². The van der Waals surface area contributed by atoms with Crippen LogP contribution in [0.3, 0.4) is 0 Å². The van der Waals surface area contributed by atoms with E-state index < -0.39 is 0 Å². The van der Waals surface area contributed by atoms with Crippen LogP contribution in [0.2, 0.25) is 0 Å². The van der Waals surface area contributed by atoms with Gasteiger partial charge in [0.25, 0.3) is 0 Å². The number of nitrogens with one attached hydrogen (secondary N) is 1. The number of amides is 1. The summed E-state index contributed by atoms with van der Waals surface area (Å²) in [5.41, 5.74) is 0. The van der Waals surface area contributed by atoms with Crippen molar-refractivity contribution in [2.24, 2.45) is 11.8 Å². The number of rotatable bonds is 4. The fourth-order valence-corrected chi connectivity index (χ4v) is 3.47. The molecule has 2 heterocycles. The summed E-state index contributed by atoms with van der Waals surface area (Å²) < 4.78 is 0. The highest BCUT2D eigenvalue weighted by Gasteiger charge is 2.45. The summed E-state index contributed by atoms with van der Waals surface area (Å²) in [6.07, 6.45) is 3.49. The quantitative estimate of drug-likeness (QED) is 0.855. The van der Waals surface area contributed by atoms with Gasteiger partial charge < -0.3 is 9.80 Å². The van der Waals surface area contributed by atoms with Gasteiger partial charge in [-0.3, -0.25) is 10.1 Å². The van der Waals surface area contributed by atoms with Gasteiger partial charge in [-0.15, -0.1) is 0 Å². The minimum Gasteiger partial charge on any atom is -0.322 e. The standard InChI is InChI=1S/C16H31N3O/c1-6-12(4)14-16(20)19(15(17-14)11(2)3)13-7-9-18(5)10-8-13/h11-15,17H,6-10H2,1-5H3. The Hall–Kier alpha value is -0.610. The number of likely N-dealkylation sites (tertiary alicyclic amines) is 1. The van der Waals surface area contributed by atoms with Crippen LogP contribution in [0.15, 0.2) is 0 Å². The maximum Gasteiger partial charge on any atom is 0.241 e. The lowest BCUT2D eigenvalue weighted by Gasteiger charge is -2.39. The third-order valence-corrected chi connectivity index (χ3v) is 5.10. The predicted octanol–water partition coefficient (Wildman–Crippen LogP) is 1.91. The average Bonchev–Trinajstić information content (AvgIpc) is 2.77. The van der Waals surface area contributed by atoms with E-state index in [2.05, 4.69) is 49.9 Å². The van der Waals surface area contributed by atoms with Gasteiger partial charge in [0, 0.05) is 6.04 Å². The Morgan fingerprint density at radius 3 is 2.35 bits per heavy atom. The first kappa shape index (κ1) is 15.8. The normalized spacial score (nSPS) is 31.3. The van der Waals surface area contributed by atoms with Crippen LogP contribution in [0.4, 0.5) is 0 Å². The van der Waals surface area contributed by atoms with Gasteiger partial charge in [0.1, 0.15) is 0 Å². The maximum atomic E-state index is 12.9. The summed E-state index contributed by atoms with van der Waals surface area (Å²) >= 11 is 0. The van der Waals surface area contributed by atoms with E-state index in [-0.39, 0.29) is 12.2 Å². The molecule has 0 spiro atoms. The summed E-state index contributed by atoms with van der Waals surface area (Å²) in [5.74, 6) is 1.22. The van der Waals surface area contributed by atoms with E-state index in [0.717, 1.165) is 32.4 Å². The van der Waals surface area contributed by atoms with Gasteiger partial charge in [-0.2, -0.15) is 0 Å². The number of piperidine rings is 1. The first-order valence-corrected chi connectivity index (χ1v) is 8.22. The van der Waals surface area contributed by atoms with Gasteiger partial charge in [-0.25, -0.2) is 0 Å². The molecule has 0 aromatic carbocycles. The Morgan fingerprint density at radius 2 is 1.85 bits per heavy atom. The van der Waals surface area contributed by atoms with Crippen molar-refractivity contribution < 1.29 is 4.79 Å². The summed E-state index contributed by atoms with van der Waals surface area (Å²) in [6, 6.07) is 0.444. The van der Waals surface area contributed by atoms with Crippen LogP contribution in [0.5, 0.6) is 0 Å². The molecule has 3 atom stereocenters. The molecule has 116 valence electrons.